The third-order valence-electron chi connectivity index (χ3n) is 5.85. The fourth-order valence-electron chi connectivity index (χ4n) is 3.95. The Morgan fingerprint density at radius 3 is 2.16 bits per heavy atom. The van der Waals surface area contributed by atoms with Gasteiger partial charge in [-0.3, -0.25) is 4.99 Å². The van der Waals surface area contributed by atoms with Crippen LogP contribution in [0.4, 0.5) is 11.6 Å². The number of hydrogen-bond donors (Lipinski definition) is 1. The zero-order chi connectivity index (χ0) is 20.8. The Morgan fingerprint density at radius 1 is 0.903 bits per heavy atom. The lowest BCUT2D eigenvalue weighted by atomic mass is 10.2. The molecule has 2 aliphatic heterocycles. The predicted molar refractivity (Wildman–Crippen MR) is 138 cm³/mol. The van der Waals surface area contributed by atoms with Crippen LogP contribution in [0.15, 0.2) is 47.7 Å². The van der Waals surface area contributed by atoms with Gasteiger partial charge in [-0.05, 0) is 30.8 Å². The summed E-state index contributed by atoms with van der Waals surface area (Å²) in [6.45, 7) is 8.73. The number of piperazine rings is 2. The molecule has 168 valence electrons. The van der Waals surface area contributed by atoms with E-state index in [-0.39, 0.29) is 24.0 Å². The van der Waals surface area contributed by atoms with Crippen molar-refractivity contribution in [3.8, 4) is 0 Å². The monoisotopic (exact) mass is 536 g/mol. The van der Waals surface area contributed by atoms with E-state index in [1.807, 2.05) is 31.6 Å². The van der Waals surface area contributed by atoms with Crippen LogP contribution in [-0.4, -0.2) is 92.2 Å². The van der Waals surface area contributed by atoms with Gasteiger partial charge in [0.2, 0.25) is 0 Å². The lowest BCUT2D eigenvalue weighted by Gasteiger charge is -2.37. The molecule has 0 amide bonds. The molecule has 31 heavy (non-hydrogen) atoms. The number of anilines is 2. The molecule has 2 fully saturated rings. The van der Waals surface area contributed by atoms with E-state index in [9.17, 15) is 0 Å². The molecule has 2 aromatic rings. The van der Waals surface area contributed by atoms with Gasteiger partial charge in [0.1, 0.15) is 11.6 Å². The summed E-state index contributed by atoms with van der Waals surface area (Å²) in [6.07, 6.45) is 3.83. The van der Waals surface area contributed by atoms with Crippen LogP contribution in [0.2, 0.25) is 0 Å². The normalized spacial score (nSPS) is 18.0. The summed E-state index contributed by atoms with van der Waals surface area (Å²) in [5.41, 5.74) is 1.17. The maximum atomic E-state index is 4.69. The summed E-state index contributed by atoms with van der Waals surface area (Å²) >= 11 is 0. The standard InChI is InChI=1S/C22H32N8.HI/c1-23-22(30-15-13-29(14-16-30)20-5-3-4-8-24-20)26-18-19-6-7-21(25-17-19)28-11-9-27(2)10-12-28;/h3-8,17H,9-16,18H2,1-2H3,(H,23,26);1H. The molecular formula is C22H33IN8. The summed E-state index contributed by atoms with van der Waals surface area (Å²) in [4.78, 5) is 23.0. The van der Waals surface area contributed by atoms with Gasteiger partial charge in [-0.15, -0.1) is 24.0 Å². The number of rotatable bonds is 4. The van der Waals surface area contributed by atoms with Crippen LogP contribution in [0.5, 0.6) is 0 Å². The molecule has 0 unspecified atom stereocenters. The highest BCUT2D eigenvalue weighted by Crippen LogP contribution is 2.14. The number of aliphatic imine (C=N–C) groups is 1. The third kappa shape index (κ3) is 6.19. The van der Waals surface area contributed by atoms with Crippen molar-refractivity contribution in [2.45, 2.75) is 6.54 Å². The van der Waals surface area contributed by atoms with Crippen LogP contribution in [0.25, 0.3) is 0 Å². The van der Waals surface area contributed by atoms with Crippen molar-refractivity contribution < 1.29 is 0 Å². The molecule has 0 aliphatic carbocycles. The van der Waals surface area contributed by atoms with Crippen LogP contribution < -0.4 is 15.1 Å². The van der Waals surface area contributed by atoms with E-state index >= 15 is 0 Å². The number of guanidine groups is 1. The van der Waals surface area contributed by atoms with E-state index in [0.29, 0.717) is 0 Å². The predicted octanol–water partition coefficient (Wildman–Crippen LogP) is 1.74. The van der Waals surface area contributed by atoms with Gasteiger partial charge >= 0.3 is 0 Å². The van der Waals surface area contributed by atoms with Crippen molar-refractivity contribution in [1.82, 2.24) is 25.1 Å². The Kier molecular flexibility index (Phi) is 8.70. The molecule has 4 heterocycles. The average Bonchev–Trinajstić information content (AvgIpc) is 2.81. The van der Waals surface area contributed by atoms with Crippen LogP contribution in [-0.2, 0) is 6.54 Å². The summed E-state index contributed by atoms with van der Waals surface area (Å²) in [5.74, 6) is 3.06. The van der Waals surface area contributed by atoms with Gasteiger partial charge in [-0.1, -0.05) is 12.1 Å². The number of aromatic nitrogens is 2. The second-order valence-electron chi connectivity index (χ2n) is 7.88. The number of nitrogens with one attached hydrogen (secondary N) is 1. The number of nitrogens with zero attached hydrogens (tertiary/aromatic N) is 7. The highest BCUT2D eigenvalue weighted by Gasteiger charge is 2.20. The molecule has 0 spiro atoms. The highest BCUT2D eigenvalue weighted by molar-refractivity contribution is 14.0. The number of halogens is 1. The minimum Gasteiger partial charge on any atom is -0.354 e. The van der Waals surface area contributed by atoms with Crippen molar-refractivity contribution in [3.63, 3.8) is 0 Å². The zero-order valence-electron chi connectivity index (χ0n) is 18.4. The minimum atomic E-state index is 0. The van der Waals surface area contributed by atoms with Gasteiger partial charge in [-0.2, -0.15) is 0 Å². The second kappa shape index (κ2) is 11.5. The molecule has 8 nitrogen and oxygen atoms in total. The van der Waals surface area contributed by atoms with E-state index in [4.69, 9.17) is 0 Å². The largest absolute Gasteiger partial charge is 0.354 e. The van der Waals surface area contributed by atoms with Crippen LogP contribution >= 0.6 is 24.0 Å². The summed E-state index contributed by atoms with van der Waals surface area (Å²) in [5, 5.41) is 3.50. The van der Waals surface area contributed by atoms with Crippen LogP contribution in [0.3, 0.4) is 0 Å². The molecule has 2 aromatic heterocycles. The molecule has 2 saturated heterocycles. The molecular weight excluding hydrogens is 503 g/mol. The Balaban J connectivity index is 0.00000272. The number of hydrogen-bond acceptors (Lipinski definition) is 6. The Bertz CT molecular complexity index is 813. The highest BCUT2D eigenvalue weighted by atomic mass is 127. The molecule has 1 N–H and O–H groups in total. The topological polar surface area (TPSA) is 63.1 Å². The van der Waals surface area contributed by atoms with E-state index in [1.54, 1.807) is 0 Å². The molecule has 9 heteroatoms. The van der Waals surface area contributed by atoms with Crippen molar-refractivity contribution in [2.24, 2.45) is 4.99 Å². The van der Waals surface area contributed by atoms with Gasteiger partial charge in [0, 0.05) is 78.3 Å². The van der Waals surface area contributed by atoms with Gasteiger partial charge in [-0.25, -0.2) is 9.97 Å². The molecule has 0 atom stereocenters. The summed E-state index contributed by atoms with van der Waals surface area (Å²) < 4.78 is 0. The third-order valence-corrected chi connectivity index (χ3v) is 5.85. The van der Waals surface area contributed by atoms with Crippen molar-refractivity contribution in [1.29, 1.82) is 0 Å². The van der Waals surface area contributed by atoms with Gasteiger partial charge in [0.25, 0.3) is 0 Å². The lowest BCUT2D eigenvalue weighted by Crippen LogP contribution is -2.52. The number of likely N-dealkylation sites (N-methyl/N-ethyl adjacent to an activating group) is 1. The molecule has 2 aliphatic rings. The van der Waals surface area contributed by atoms with Gasteiger partial charge < -0.3 is 24.9 Å². The first kappa shape index (κ1) is 23.5. The van der Waals surface area contributed by atoms with Crippen LogP contribution in [0.1, 0.15) is 5.56 Å². The molecule has 0 radical (unpaired) electrons. The molecule has 0 aromatic carbocycles. The Hall–Kier alpha value is -2.14. The fourth-order valence-corrected chi connectivity index (χ4v) is 3.95. The molecule has 0 saturated carbocycles. The fraction of sp³-hybridized carbons (Fsp3) is 0.500. The quantitative estimate of drug-likeness (QED) is 0.363. The second-order valence-corrected chi connectivity index (χ2v) is 7.88. The lowest BCUT2D eigenvalue weighted by molar-refractivity contribution is 0.312. The van der Waals surface area contributed by atoms with Crippen LogP contribution in [0, 0.1) is 0 Å². The summed E-state index contributed by atoms with van der Waals surface area (Å²) in [7, 11) is 4.02. The first-order valence-electron chi connectivity index (χ1n) is 10.7. The van der Waals surface area contributed by atoms with E-state index in [0.717, 1.165) is 76.5 Å². The molecule has 4 rings (SSSR count). The van der Waals surface area contributed by atoms with Crippen molar-refractivity contribution >= 4 is 41.6 Å². The minimum absolute atomic E-state index is 0. The first-order chi connectivity index (χ1) is 14.7. The molecule has 0 bridgehead atoms. The van der Waals surface area contributed by atoms with E-state index in [1.165, 1.54) is 5.56 Å². The average molecular weight is 536 g/mol. The summed E-state index contributed by atoms with van der Waals surface area (Å²) in [6, 6.07) is 10.4. The first-order valence-corrected chi connectivity index (χ1v) is 10.7. The smallest absolute Gasteiger partial charge is 0.194 e. The number of pyridine rings is 2. The van der Waals surface area contributed by atoms with E-state index < -0.39 is 0 Å². The maximum absolute atomic E-state index is 4.69. The van der Waals surface area contributed by atoms with Crippen molar-refractivity contribution in [3.05, 3.63) is 48.3 Å². The van der Waals surface area contributed by atoms with Gasteiger partial charge in [0.15, 0.2) is 5.96 Å². The SMILES string of the molecule is CN=C(NCc1ccc(N2CCN(C)CC2)nc1)N1CCN(c2ccccn2)CC1.I. The zero-order valence-corrected chi connectivity index (χ0v) is 20.8. The maximum Gasteiger partial charge on any atom is 0.194 e. The Labute approximate surface area is 202 Å². The Morgan fingerprint density at radius 2 is 1.58 bits per heavy atom. The van der Waals surface area contributed by atoms with Gasteiger partial charge in [0.05, 0.1) is 0 Å². The van der Waals surface area contributed by atoms with Crippen molar-refractivity contribution in [2.75, 3.05) is 76.3 Å². The van der Waals surface area contributed by atoms with E-state index in [2.05, 4.69) is 65.1 Å².